The van der Waals surface area contributed by atoms with Crippen LogP contribution < -0.4 is 4.90 Å². The highest BCUT2D eigenvalue weighted by molar-refractivity contribution is 9.10. The van der Waals surface area contributed by atoms with E-state index in [4.69, 9.17) is 11.6 Å². The van der Waals surface area contributed by atoms with Gasteiger partial charge in [-0.2, -0.15) is 0 Å². The first-order chi connectivity index (χ1) is 9.90. The summed E-state index contributed by atoms with van der Waals surface area (Å²) < 4.78 is 0.917. The van der Waals surface area contributed by atoms with E-state index in [2.05, 4.69) is 40.9 Å². The van der Waals surface area contributed by atoms with Crippen LogP contribution in [-0.4, -0.2) is 12.2 Å². The normalized spacial score (nSPS) is 13.8. The van der Waals surface area contributed by atoms with E-state index in [9.17, 15) is 5.11 Å². The number of hydrogen-bond donors (Lipinski definition) is 1. The summed E-state index contributed by atoms with van der Waals surface area (Å²) in [6.07, 6.45) is -0.482. The molecule has 1 N–H and O–H groups in total. The molecule has 0 aliphatic rings. The van der Waals surface area contributed by atoms with Gasteiger partial charge < -0.3 is 10.0 Å². The molecular formula is C17H19BrClNO. The Bertz CT molecular complexity index is 630. The van der Waals surface area contributed by atoms with Gasteiger partial charge in [0.1, 0.15) is 0 Å². The van der Waals surface area contributed by atoms with Gasteiger partial charge in [0.25, 0.3) is 0 Å². The second-order valence-corrected chi connectivity index (χ2v) is 6.51. The fourth-order valence-corrected chi connectivity index (χ4v) is 3.18. The topological polar surface area (TPSA) is 23.5 Å². The molecule has 112 valence electrons. The molecule has 0 saturated carbocycles. The molecule has 0 saturated heterocycles. The Morgan fingerprint density at radius 2 is 1.86 bits per heavy atom. The lowest BCUT2D eigenvalue weighted by molar-refractivity contribution is 0.198. The molecule has 0 radical (unpaired) electrons. The first-order valence-electron chi connectivity index (χ1n) is 6.86. The van der Waals surface area contributed by atoms with E-state index < -0.39 is 6.10 Å². The molecule has 0 aliphatic carbocycles. The predicted molar refractivity (Wildman–Crippen MR) is 93.0 cm³/mol. The molecule has 2 nitrogen and oxygen atoms in total. The van der Waals surface area contributed by atoms with Gasteiger partial charge in [-0.15, -0.1) is 0 Å². The van der Waals surface area contributed by atoms with Crippen LogP contribution in [0.1, 0.15) is 37.1 Å². The van der Waals surface area contributed by atoms with Gasteiger partial charge in [-0.1, -0.05) is 45.7 Å². The lowest BCUT2D eigenvalue weighted by Gasteiger charge is -2.28. The van der Waals surface area contributed by atoms with Crippen molar-refractivity contribution in [3.8, 4) is 0 Å². The summed E-state index contributed by atoms with van der Waals surface area (Å²) in [6, 6.07) is 14.1. The maximum Gasteiger partial charge on any atom is 0.0772 e. The van der Waals surface area contributed by atoms with Gasteiger partial charge in [-0.05, 0) is 49.2 Å². The molecule has 0 amide bonds. The molecular weight excluding hydrogens is 350 g/mol. The lowest BCUT2D eigenvalue weighted by Crippen LogP contribution is -2.21. The van der Waals surface area contributed by atoms with Gasteiger partial charge in [0, 0.05) is 22.2 Å². The van der Waals surface area contributed by atoms with Crippen molar-refractivity contribution in [1.82, 2.24) is 0 Å². The van der Waals surface area contributed by atoms with E-state index >= 15 is 0 Å². The molecule has 2 aromatic carbocycles. The number of aliphatic hydroxyl groups is 1. The lowest BCUT2D eigenvalue weighted by atomic mass is 10.1. The van der Waals surface area contributed by atoms with E-state index in [0.717, 1.165) is 20.7 Å². The summed E-state index contributed by atoms with van der Waals surface area (Å²) in [6.45, 7) is 3.90. The zero-order chi connectivity index (χ0) is 15.6. The highest BCUT2D eigenvalue weighted by Gasteiger charge is 2.14. The van der Waals surface area contributed by atoms with Crippen LogP contribution in [0.4, 0.5) is 5.69 Å². The van der Waals surface area contributed by atoms with Crippen LogP contribution in [0, 0.1) is 0 Å². The van der Waals surface area contributed by atoms with Crippen molar-refractivity contribution in [3.05, 3.63) is 63.1 Å². The minimum atomic E-state index is -0.482. The maximum atomic E-state index is 9.69. The minimum Gasteiger partial charge on any atom is -0.389 e. The number of anilines is 1. The molecule has 0 bridgehead atoms. The van der Waals surface area contributed by atoms with Crippen molar-refractivity contribution in [2.75, 3.05) is 11.9 Å². The van der Waals surface area contributed by atoms with Gasteiger partial charge in [0.2, 0.25) is 0 Å². The van der Waals surface area contributed by atoms with Crippen LogP contribution in [0.15, 0.2) is 46.9 Å². The zero-order valence-corrected chi connectivity index (χ0v) is 14.7. The summed E-state index contributed by atoms with van der Waals surface area (Å²) in [5.74, 6) is 0. The van der Waals surface area contributed by atoms with Gasteiger partial charge in [0.15, 0.2) is 0 Å². The van der Waals surface area contributed by atoms with Gasteiger partial charge >= 0.3 is 0 Å². The average Bonchev–Trinajstić information content (AvgIpc) is 2.45. The Kier molecular flexibility index (Phi) is 5.31. The Labute approximate surface area is 139 Å². The second-order valence-electron chi connectivity index (χ2n) is 5.22. The molecule has 21 heavy (non-hydrogen) atoms. The fraction of sp³-hybridized carbons (Fsp3) is 0.294. The summed E-state index contributed by atoms with van der Waals surface area (Å²) in [4.78, 5) is 2.18. The first-order valence-corrected chi connectivity index (χ1v) is 8.03. The summed E-state index contributed by atoms with van der Waals surface area (Å²) in [5.41, 5.74) is 3.14. The van der Waals surface area contributed by atoms with Crippen molar-refractivity contribution in [2.45, 2.75) is 26.0 Å². The standard InChI is InChI=1S/C17H19BrClNO/c1-11(13-5-4-6-14(19)9-13)20(3)15-7-8-16(12(2)21)17(18)10-15/h4-12,21H,1-3H3/t11?,12-/m0/s1. The van der Waals surface area contributed by atoms with Gasteiger partial charge in [-0.25, -0.2) is 0 Å². The Balaban J connectivity index is 2.27. The number of hydrogen-bond acceptors (Lipinski definition) is 2. The number of halogens is 2. The number of rotatable bonds is 4. The molecule has 0 aliphatic heterocycles. The monoisotopic (exact) mass is 367 g/mol. The van der Waals surface area contributed by atoms with Crippen molar-refractivity contribution in [1.29, 1.82) is 0 Å². The molecule has 0 aromatic heterocycles. The highest BCUT2D eigenvalue weighted by atomic mass is 79.9. The zero-order valence-electron chi connectivity index (χ0n) is 12.3. The van der Waals surface area contributed by atoms with E-state index in [1.807, 2.05) is 36.4 Å². The average molecular weight is 369 g/mol. The van der Waals surface area contributed by atoms with Crippen LogP contribution >= 0.6 is 27.5 Å². The third-order valence-corrected chi connectivity index (χ3v) is 4.68. The first kappa shape index (κ1) is 16.3. The van der Waals surface area contributed by atoms with E-state index in [1.165, 1.54) is 5.56 Å². The number of nitrogens with zero attached hydrogens (tertiary/aromatic N) is 1. The van der Waals surface area contributed by atoms with E-state index in [-0.39, 0.29) is 6.04 Å². The third kappa shape index (κ3) is 3.79. The molecule has 2 aromatic rings. The maximum absolute atomic E-state index is 9.69. The van der Waals surface area contributed by atoms with E-state index in [0.29, 0.717) is 0 Å². The van der Waals surface area contributed by atoms with Crippen molar-refractivity contribution in [3.63, 3.8) is 0 Å². The molecule has 2 atom stereocenters. The van der Waals surface area contributed by atoms with Gasteiger partial charge in [0.05, 0.1) is 12.1 Å². The Morgan fingerprint density at radius 1 is 1.14 bits per heavy atom. The quantitative estimate of drug-likeness (QED) is 0.786. The largest absolute Gasteiger partial charge is 0.389 e. The summed E-state index contributed by atoms with van der Waals surface area (Å²) >= 11 is 9.59. The number of aliphatic hydroxyl groups excluding tert-OH is 1. The van der Waals surface area contributed by atoms with Gasteiger partial charge in [-0.3, -0.25) is 0 Å². The van der Waals surface area contributed by atoms with Crippen molar-refractivity contribution < 1.29 is 5.11 Å². The van der Waals surface area contributed by atoms with Crippen LogP contribution in [0.2, 0.25) is 5.02 Å². The van der Waals surface area contributed by atoms with Crippen LogP contribution in [0.5, 0.6) is 0 Å². The second kappa shape index (κ2) is 6.82. The van der Waals surface area contributed by atoms with Crippen LogP contribution in [0.3, 0.4) is 0 Å². The molecule has 1 unspecified atom stereocenters. The van der Waals surface area contributed by atoms with E-state index in [1.54, 1.807) is 6.92 Å². The summed E-state index contributed by atoms with van der Waals surface area (Å²) in [5, 5.41) is 10.4. The molecule has 4 heteroatoms. The fourth-order valence-electron chi connectivity index (χ4n) is 2.29. The van der Waals surface area contributed by atoms with Crippen molar-refractivity contribution in [2.24, 2.45) is 0 Å². The molecule has 0 fully saturated rings. The molecule has 0 spiro atoms. The third-order valence-electron chi connectivity index (χ3n) is 3.75. The molecule has 2 rings (SSSR count). The smallest absolute Gasteiger partial charge is 0.0772 e. The Hall–Kier alpha value is -1.03. The SMILES string of the molecule is CC(c1cccc(Cl)c1)N(C)c1ccc([C@H](C)O)c(Br)c1. The Morgan fingerprint density at radius 3 is 2.43 bits per heavy atom. The van der Waals surface area contributed by atoms with Crippen molar-refractivity contribution >= 4 is 33.2 Å². The predicted octanol–water partition coefficient (Wildman–Crippen LogP) is 5.35. The van der Waals surface area contributed by atoms with Crippen LogP contribution in [-0.2, 0) is 0 Å². The minimum absolute atomic E-state index is 0.202. The highest BCUT2D eigenvalue weighted by Crippen LogP contribution is 2.32. The van der Waals surface area contributed by atoms with Crippen LogP contribution in [0.25, 0.3) is 0 Å². The number of benzene rings is 2. The molecule has 0 heterocycles. The summed E-state index contributed by atoms with van der Waals surface area (Å²) in [7, 11) is 2.05.